The van der Waals surface area contributed by atoms with E-state index in [0.29, 0.717) is 11.4 Å². The Labute approximate surface area is 106 Å². The molecule has 0 radical (unpaired) electrons. The summed E-state index contributed by atoms with van der Waals surface area (Å²) in [5.41, 5.74) is 0.480. The van der Waals surface area contributed by atoms with Crippen LogP contribution in [0.25, 0.3) is 0 Å². The minimum absolute atomic E-state index is 0.145. The minimum Gasteiger partial charge on any atom is -0.481 e. The first-order valence-electron chi connectivity index (χ1n) is 6.19. The third kappa shape index (κ3) is 2.98. The molecule has 98 valence electrons. The highest BCUT2D eigenvalue weighted by molar-refractivity contribution is 5.94. The van der Waals surface area contributed by atoms with Crippen LogP contribution >= 0.6 is 0 Å². The number of hydrogen-bond donors (Lipinski definition) is 2. The molecule has 1 aliphatic carbocycles. The Kier molecular flexibility index (Phi) is 4.15. The van der Waals surface area contributed by atoms with Gasteiger partial charge in [-0.25, -0.2) is 4.98 Å². The number of nitrogens with one attached hydrogen (secondary N) is 1. The van der Waals surface area contributed by atoms with E-state index in [-0.39, 0.29) is 11.9 Å². The molecule has 2 atom stereocenters. The maximum absolute atomic E-state index is 12.0. The van der Waals surface area contributed by atoms with E-state index in [9.17, 15) is 9.90 Å². The zero-order valence-electron chi connectivity index (χ0n) is 10.4. The van der Waals surface area contributed by atoms with Crippen LogP contribution in [0.3, 0.4) is 0 Å². The number of aromatic nitrogens is 1. The van der Waals surface area contributed by atoms with Crippen molar-refractivity contribution >= 4 is 5.91 Å². The Hall–Kier alpha value is -1.62. The lowest BCUT2D eigenvalue weighted by atomic mass is 9.92. The zero-order chi connectivity index (χ0) is 13.0. The number of methoxy groups -OCH3 is 1. The summed E-state index contributed by atoms with van der Waals surface area (Å²) in [6.45, 7) is 0. The molecule has 0 unspecified atom stereocenters. The highest BCUT2D eigenvalue weighted by Gasteiger charge is 2.24. The van der Waals surface area contributed by atoms with Crippen LogP contribution in [0.15, 0.2) is 18.3 Å². The maximum Gasteiger partial charge on any atom is 0.253 e. The standard InChI is InChI=1S/C13H18N2O3/c1-18-12-7-6-9(8-14-12)13(17)15-10-4-2-3-5-11(10)16/h6-8,10-11,16H,2-5H2,1H3,(H,15,17)/t10-,11-/m0/s1. The summed E-state index contributed by atoms with van der Waals surface area (Å²) in [6, 6.07) is 3.16. The number of nitrogens with zero attached hydrogens (tertiary/aromatic N) is 1. The van der Waals surface area contributed by atoms with Crippen molar-refractivity contribution in [3.63, 3.8) is 0 Å². The maximum atomic E-state index is 12.0. The molecule has 5 nitrogen and oxygen atoms in total. The van der Waals surface area contributed by atoms with Gasteiger partial charge in [-0.15, -0.1) is 0 Å². The summed E-state index contributed by atoms with van der Waals surface area (Å²) in [4.78, 5) is 15.9. The number of hydrogen-bond acceptors (Lipinski definition) is 4. The summed E-state index contributed by atoms with van der Waals surface area (Å²) < 4.78 is 4.93. The lowest BCUT2D eigenvalue weighted by Gasteiger charge is -2.28. The van der Waals surface area contributed by atoms with Crippen molar-refractivity contribution < 1.29 is 14.6 Å². The number of rotatable bonds is 3. The number of carbonyl (C=O) groups is 1. The van der Waals surface area contributed by atoms with Crippen molar-refractivity contribution in [1.29, 1.82) is 0 Å². The second kappa shape index (κ2) is 5.82. The molecule has 0 aliphatic heterocycles. The molecule has 0 aromatic carbocycles. The predicted molar refractivity (Wildman–Crippen MR) is 66.5 cm³/mol. The molecular formula is C13H18N2O3. The smallest absolute Gasteiger partial charge is 0.253 e. The van der Waals surface area contributed by atoms with Gasteiger partial charge in [0.1, 0.15) is 0 Å². The second-order valence-corrected chi connectivity index (χ2v) is 4.52. The summed E-state index contributed by atoms with van der Waals surface area (Å²) in [5, 5.41) is 12.6. The monoisotopic (exact) mass is 250 g/mol. The summed E-state index contributed by atoms with van der Waals surface area (Å²) in [5.74, 6) is 0.278. The first kappa shape index (κ1) is 12.8. The van der Waals surface area contributed by atoms with Gasteiger partial charge in [-0.3, -0.25) is 4.79 Å². The number of amides is 1. The molecule has 18 heavy (non-hydrogen) atoms. The molecule has 0 spiro atoms. The van der Waals surface area contributed by atoms with Crippen LogP contribution in [-0.4, -0.2) is 35.3 Å². The number of aliphatic hydroxyl groups is 1. The van der Waals surface area contributed by atoms with Gasteiger partial charge < -0.3 is 15.2 Å². The van der Waals surface area contributed by atoms with Crippen molar-refractivity contribution in [2.45, 2.75) is 37.8 Å². The molecule has 1 aliphatic rings. The summed E-state index contributed by atoms with van der Waals surface area (Å²) in [7, 11) is 1.53. The fourth-order valence-corrected chi connectivity index (χ4v) is 2.17. The van der Waals surface area contributed by atoms with Gasteiger partial charge in [0.15, 0.2) is 0 Å². The Bertz CT molecular complexity index is 405. The van der Waals surface area contributed by atoms with Crippen LogP contribution in [0.5, 0.6) is 5.88 Å². The number of ether oxygens (including phenoxy) is 1. The van der Waals surface area contributed by atoms with Crippen LogP contribution < -0.4 is 10.1 Å². The van der Waals surface area contributed by atoms with Gasteiger partial charge in [0.2, 0.25) is 5.88 Å². The lowest BCUT2D eigenvalue weighted by Crippen LogP contribution is -2.45. The van der Waals surface area contributed by atoms with E-state index < -0.39 is 6.10 Å². The molecule has 0 saturated heterocycles. The predicted octanol–water partition coefficient (Wildman–Crippen LogP) is 1.12. The van der Waals surface area contributed by atoms with Gasteiger partial charge in [-0.05, 0) is 18.9 Å². The topological polar surface area (TPSA) is 71.5 Å². The number of pyridine rings is 1. The third-order valence-corrected chi connectivity index (χ3v) is 3.25. The molecule has 5 heteroatoms. The normalized spacial score (nSPS) is 23.4. The van der Waals surface area contributed by atoms with E-state index in [4.69, 9.17) is 4.74 Å². The molecule has 1 aromatic rings. The zero-order valence-corrected chi connectivity index (χ0v) is 10.4. The van der Waals surface area contributed by atoms with Crippen LogP contribution in [0, 0.1) is 0 Å². The van der Waals surface area contributed by atoms with Crippen LogP contribution in [0.2, 0.25) is 0 Å². The average molecular weight is 250 g/mol. The Morgan fingerprint density at radius 1 is 1.44 bits per heavy atom. The minimum atomic E-state index is -0.436. The molecule has 1 heterocycles. The second-order valence-electron chi connectivity index (χ2n) is 4.52. The van der Waals surface area contributed by atoms with Gasteiger partial charge in [0.05, 0.1) is 24.8 Å². The Balaban J connectivity index is 1.97. The van der Waals surface area contributed by atoms with Gasteiger partial charge in [0.25, 0.3) is 5.91 Å². The molecule has 1 fully saturated rings. The first-order valence-corrected chi connectivity index (χ1v) is 6.19. The molecular weight excluding hydrogens is 232 g/mol. The van der Waals surface area contributed by atoms with E-state index in [1.54, 1.807) is 12.1 Å². The van der Waals surface area contributed by atoms with Gasteiger partial charge in [-0.1, -0.05) is 12.8 Å². The molecule has 2 N–H and O–H groups in total. The first-order chi connectivity index (χ1) is 8.70. The number of carbonyl (C=O) groups excluding carboxylic acids is 1. The Morgan fingerprint density at radius 3 is 2.83 bits per heavy atom. The molecule has 1 saturated carbocycles. The number of aliphatic hydroxyl groups excluding tert-OH is 1. The largest absolute Gasteiger partial charge is 0.481 e. The van der Waals surface area contributed by atoms with Gasteiger partial charge >= 0.3 is 0 Å². The third-order valence-electron chi connectivity index (χ3n) is 3.25. The van der Waals surface area contributed by atoms with Crippen LogP contribution in [-0.2, 0) is 0 Å². The highest BCUT2D eigenvalue weighted by atomic mass is 16.5. The van der Waals surface area contributed by atoms with Crippen molar-refractivity contribution in [3.05, 3.63) is 23.9 Å². The molecule has 2 rings (SSSR count). The summed E-state index contributed by atoms with van der Waals surface area (Å²) in [6.07, 6.45) is 4.69. The van der Waals surface area contributed by atoms with Crippen LogP contribution in [0.1, 0.15) is 36.0 Å². The van der Waals surface area contributed by atoms with E-state index in [1.807, 2.05) is 0 Å². The van der Waals surface area contributed by atoms with Crippen molar-refractivity contribution in [3.8, 4) is 5.88 Å². The van der Waals surface area contributed by atoms with Crippen molar-refractivity contribution in [1.82, 2.24) is 10.3 Å². The van der Waals surface area contributed by atoms with Crippen LogP contribution in [0.4, 0.5) is 0 Å². The average Bonchev–Trinajstić information content (AvgIpc) is 2.41. The van der Waals surface area contributed by atoms with Gasteiger partial charge in [0, 0.05) is 12.3 Å². The van der Waals surface area contributed by atoms with Crippen molar-refractivity contribution in [2.24, 2.45) is 0 Å². The van der Waals surface area contributed by atoms with Crippen molar-refractivity contribution in [2.75, 3.05) is 7.11 Å². The quantitative estimate of drug-likeness (QED) is 0.843. The molecule has 1 amide bonds. The molecule has 0 bridgehead atoms. The summed E-state index contributed by atoms with van der Waals surface area (Å²) >= 11 is 0. The SMILES string of the molecule is COc1ccc(C(=O)N[C@H]2CCCC[C@@H]2O)cn1. The lowest BCUT2D eigenvalue weighted by molar-refractivity contribution is 0.0717. The van der Waals surface area contributed by atoms with E-state index in [0.717, 1.165) is 25.7 Å². The van der Waals surface area contributed by atoms with E-state index >= 15 is 0 Å². The van der Waals surface area contributed by atoms with E-state index in [2.05, 4.69) is 10.3 Å². The van der Waals surface area contributed by atoms with E-state index in [1.165, 1.54) is 13.3 Å². The van der Waals surface area contributed by atoms with Gasteiger partial charge in [-0.2, -0.15) is 0 Å². The fourth-order valence-electron chi connectivity index (χ4n) is 2.17. The highest BCUT2D eigenvalue weighted by Crippen LogP contribution is 2.18. The fraction of sp³-hybridized carbons (Fsp3) is 0.538. The molecule has 1 aromatic heterocycles. The Morgan fingerprint density at radius 2 is 2.22 bits per heavy atom.